The van der Waals surface area contributed by atoms with Gasteiger partial charge in [0, 0.05) is 12.6 Å². The van der Waals surface area contributed by atoms with Crippen LogP contribution in [0.2, 0.25) is 0 Å². The number of nitrogens with zero attached hydrogens (tertiary/aromatic N) is 1. The van der Waals surface area contributed by atoms with Crippen molar-refractivity contribution in [3.63, 3.8) is 0 Å². The zero-order valence-electron chi connectivity index (χ0n) is 10.6. The molecule has 0 aromatic heterocycles. The molecule has 3 nitrogen and oxygen atoms in total. The zero-order chi connectivity index (χ0) is 13.3. The quantitative estimate of drug-likeness (QED) is 0.897. The highest BCUT2D eigenvalue weighted by molar-refractivity contribution is 5.73. The van der Waals surface area contributed by atoms with Crippen LogP contribution in [0.4, 0.5) is 4.39 Å². The molecule has 18 heavy (non-hydrogen) atoms. The van der Waals surface area contributed by atoms with E-state index in [9.17, 15) is 9.18 Å². The maximum absolute atomic E-state index is 12.9. The summed E-state index contributed by atoms with van der Waals surface area (Å²) in [6.45, 7) is 4.48. The first kappa shape index (κ1) is 13.0. The van der Waals surface area contributed by atoms with Crippen molar-refractivity contribution in [2.75, 3.05) is 6.54 Å². The highest BCUT2D eigenvalue weighted by Crippen LogP contribution is 2.32. The number of carbonyl (C=O) groups is 1. The zero-order valence-corrected chi connectivity index (χ0v) is 10.6. The molecule has 0 aliphatic carbocycles. The fourth-order valence-electron chi connectivity index (χ4n) is 2.71. The standard InChI is InChI=1S/C14H18FNO2/c1-9-7-12(8-16(9)10(2)14(17)18)11-3-5-13(15)6-4-11/h3-6,9-10,12H,7-8H2,1-2H3,(H,17,18)/t9-,10+,12-/m1/s1. The highest BCUT2D eigenvalue weighted by Gasteiger charge is 2.35. The van der Waals surface area contributed by atoms with Gasteiger partial charge >= 0.3 is 5.97 Å². The van der Waals surface area contributed by atoms with E-state index in [-0.39, 0.29) is 11.9 Å². The van der Waals surface area contributed by atoms with Crippen molar-refractivity contribution in [2.24, 2.45) is 0 Å². The van der Waals surface area contributed by atoms with Gasteiger partial charge in [-0.3, -0.25) is 9.69 Å². The minimum atomic E-state index is -0.790. The molecular formula is C14H18FNO2. The Morgan fingerprint density at radius 2 is 2.06 bits per heavy atom. The molecule has 0 bridgehead atoms. The van der Waals surface area contributed by atoms with E-state index in [1.807, 2.05) is 11.8 Å². The maximum atomic E-state index is 12.9. The summed E-state index contributed by atoms with van der Waals surface area (Å²) < 4.78 is 12.9. The van der Waals surface area contributed by atoms with E-state index in [1.165, 1.54) is 12.1 Å². The summed E-state index contributed by atoms with van der Waals surface area (Å²) in [5.41, 5.74) is 1.09. The number of hydrogen-bond donors (Lipinski definition) is 1. The van der Waals surface area contributed by atoms with Crippen LogP contribution < -0.4 is 0 Å². The first-order chi connectivity index (χ1) is 8.49. The molecular weight excluding hydrogens is 233 g/mol. The van der Waals surface area contributed by atoms with E-state index in [1.54, 1.807) is 19.1 Å². The summed E-state index contributed by atoms with van der Waals surface area (Å²) in [6.07, 6.45) is 0.920. The van der Waals surface area contributed by atoms with Crippen LogP contribution in [0, 0.1) is 5.82 Å². The summed E-state index contributed by atoms with van der Waals surface area (Å²) in [5, 5.41) is 9.06. The summed E-state index contributed by atoms with van der Waals surface area (Å²) in [4.78, 5) is 13.0. The monoisotopic (exact) mass is 251 g/mol. The third-order valence-electron chi connectivity index (χ3n) is 3.82. The van der Waals surface area contributed by atoms with Crippen molar-refractivity contribution in [1.82, 2.24) is 4.90 Å². The van der Waals surface area contributed by atoms with Gasteiger partial charge in [-0.25, -0.2) is 4.39 Å². The van der Waals surface area contributed by atoms with Crippen molar-refractivity contribution in [2.45, 2.75) is 38.3 Å². The Morgan fingerprint density at radius 3 is 2.61 bits per heavy atom. The van der Waals surface area contributed by atoms with Gasteiger partial charge in [-0.15, -0.1) is 0 Å². The normalized spacial score (nSPS) is 26.2. The number of likely N-dealkylation sites (tertiary alicyclic amines) is 1. The lowest BCUT2D eigenvalue weighted by atomic mass is 9.97. The van der Waals surface area contributed by atoms with Gasteiger partial charge < -0.3 is 5.11 Å². The number of rotatable bonds is 3. The van der Waals surface area contributed by atoms with Gasteiger partial charge in [0.05, 0.1) is 0 Å². The maximum Gasteiger partial charge on any atom is 0.320 e. The molecule has 1 aromatic carbocycles. The van der Waals surface area contributed by atoms with Crippen molar-refractivity contribution < 1.29 is 14.3 Å². The lowest BCUT2D eigenvalue weighted by molar-refractivity contribution is -0.142. The van der Waals surface area contributed by atoms with Crippen LogP contribution in [0.3, 0.4) is 0 Å². The third-order valence-corrected chi connectivity index (χ3v) is 3.82. The van der Waals surface area contributed by atoms with Crippen LogP contribution in [0.1, 0.15) is 31.7 Å². The van der Waals surface area contributed by atoms with Crippen LogP contribution in [0.25, 0.3) is 0 Å². The van der Waals surface area contributed by atoms with Crippen molar-refractivity contribution in [1.29, 1.82) is 0 Å². The molecule has 0 spiro atoms. The Labute approximate surface area is 106 Å². The predicted molar refractivity (Wildman–Crippen MR) is 67.0 cm³/mol. The van der Waals surface area contributed by atoms with Gasteiger partial charge in [0.25, 0.3) is 0 Å². The predicted octanol–water partition coefficient (Wildman–Crippen LogP) is 2.48. The van der Waals surface area contributed by atoms with E-state index in [2.05, 4.69) is 0 Å². The second-order valence-corrected chi connectivity index (χ2v) is 5.04. The lowest BCUT2D eigenvalue weighted by Gasteiger charge is -2.25. The molecule has 0 radical (unpaired) electrons. The number of carboxylic acid groups (broad SMARTS) is 1. The molecule has 1 N–H and O–H groups in total. The van der Waals surface area contributed by atoms with E-state index in [4.69, 9.17) is 5.11 Å². The summed E-state index contributed by atoms with van der Waals surface area (Å²) >= 11 is 0. The van der Waals surface area contributed by atoms with Crippen LogP contribution in [0.15, 0.2) is 24.3 Å². The molecule has 1 aliphatic rings. The fraction of sp³-hybridized carbons (Fsp3) is 0.500. The average Bonchev–Trinajstić information content (AvgIpc) is 2.71. The molecule has 0 saturated carbocycles. The molecule has 0 amide bonds. The highest BCUT2D eigenvalue weighted by atomic mass is 19.1. The molecule has 3 atom stereocenters. The molecule has 1 heterocycles. The molecule has 4 heteroatoms. The largest absolute Gasteiger partial charge is 0.480 e. The third kappa shape index (κ3) is 2.53. The van der Waals surface area contributed by atoms with Crippen LogP contribution in [-0.4, -0.2) is 34.6 Å². The molecule has 1 aliphatic heterocycles. The number of hydrogen-bond acceptors (Lipinski definition) is 2. The van der Waals surface area contributed by atoms with Gasteiger partial charge in [-0.05, 0) is 43.9 Å². The summed E-state index contributed by atoms with van der Waals surface area (Å²) in [7, 11) is 0. The van der Waals surface area contributed by atoms with Crippen molar-refractivity contribution >= 4 is 5.97 Å². The van der Waals surface area contributed by atoms with Crippen LogP contribution in [-0.2, 0) is 4.79 Å². The molecule has 0 unspecified atom stereocenters. The number of halogens is 1. The molecule has 1 fully saturated rings. The van der Waals surface area contributed by atoms with E-state index < -0.39 is 12.0 Å². The Balaban J connectivity index is 2.11. The minimum Gasteiger partial charge on any atom is -0.480 e. The number of aliphatic carboxylic acids is 1. The fourth-order valence-corrected chi connectivity index (χ4v) is 2.71. The second kappa shape index (κ2) is 5.06. The van der Waals surface area contributed by atoms with Crippen LogP contribution in [0.5, 0.6) is 0 Å². The summed E-state index contributed by atoms with van der Waals surface area (Å²) in [5.74, 6) is -0.732. The first-order valence-corrected chi connectivity index (χ1v) is 6.23. The van der Waals surface area contributed by atoms with Gasteiger partial charge in [0.15, 0.2) is 0 Å². The van der Waals surface area contributed by atoms with E-state index in [0.717, 1.165) is 18.5 Å². The molecule has 1 aromatic rings. The lowest BCUT2D eigenvalue weighted by Crippen LogP contribution is -2.41. The Bertz CT molecular complexity index is 432. The Morgan fingerprint density at radius 1 is 1.44 bits per heavy atom. The molecule has 98 valence electrons. The van der Waals surface area contributed by atoms with Gasteiger partial charge in [0.2, 0.25) is 0 Å². The summed E-state index contributed by atoms with van der Waals surface area (Å²) in [6, 6.07) is 6.28. The average molecular weight is 251 g/mol. The van der Waals surface area contributed by atoms with Crippen molar-refractivity contribution in [3.05, 3.63) is 35.6 Å². The Kier molecular flexibility index (Phi) is 3.66. The van der Waals surface area contributed by atoms with Gasteiger partial charge in [-0.1, -0.05) is 12.1 Å². The van der Waals surface area contributed by atoms with E-state index in [0.29, 0.717) is 5.92 Å². The van der Waals surface area contributed by atoms with E-state index >= 15 is 0 Å². The first-order valence-electron chi connectivity index (χ1n) is 6.23. The Hall–Kier alpha value is -1.42. The minimum absolute atomic E-state index is 0.236. The van der Waals surface area contributed by atoms with Crippen molar-refractivity contribution in [3.8, 4) is 0 Å². The number of carboxylic acids is 1. The topological polar surface area (TPSA) is 40.5 Å². The van der Waals surface area contributed by atoms with Crippen LogP contribution >= 0.6 is 0 Å². The van der Waals surface area contributed by atoms with Gasteiger partial charge in [0.1, 0.15) is 11.9 Å². The molecule has 2 rings (SSSR count). The smallest absolute Gasteiger partial charge is 0.320 e. The number of benzene rings is 1. The van der Waals surface area contributed by atoms with Gasteiger partial charge in [-0.2, -0.15) is 0 Å². The second-order valence-electron chi connectivity index (χ2n) is 5.04. The molecule has 1 saturated heterocycles. The SMILES string of the molecule is C[C@@H]1C[C@@H](c2ccc(F)cc2)CN1[C@@H](C)C(=O)O.